The Bertz CT molecular complexity index is 461. The normalized spacial score (nSPS) is 11.0. The third-order valence-electron chi connectivity index (χ3n) is 2.30. The summed E-state index contributed by atoms with van der Waals surface area (Å²) in [4.78, 5) is 0.364. The van der Waals surface area contributed by atoms with E-state index in [0.717, 1.165) is 11.1 Å². The van der Waals surface area contributed by atoms with Crippen molar-refractivity contribution in [2.45, 2.75) is 18.7 Å². The van der Waals surface area contributed by atoms with Crippen LogP contribution in [-0.2, 0) is 10.0 Å². The number of sulfonamides is 1. The van der Waals surface area contributed by atoms with E-state index in [4.69, 9.17) is 0 Å². The Kier molecular flexibility index (Phi) is 6.70. The fourth-order valence-corrected chi connectivity index (χ4v) is 2.74. The van der Waals surface area contributed by atoms with Gasteiger partial charge in [0, 0.05) is 13.1 Å². The third kappa shape index (κ3) is 4.63. The van der Waals surface area contributed by atoms with Gasteiger partial charge in [-0.3, -0.25) is 0 Å². The van der Waals surface area contributed by atoms with Crippen molar-refractivity contribution in [3.8, 4) is 0 Å². The Hall–Kier alpha value is -0.620. The van der Waals surface area contributed by atoms with Crippen LogP contribution in [0, 0.1) is 13.8 Å². The molecule has 0 aromatic heterocycles. The maximum Gasteiger partial charge on any atom is 0.240 e. The minimum atomic E-state index is -3.38. The topological polar surface area (TPSA) is 58.2 Å². The summed E-state index contributed by atoms with van der Waals surface area (Å²) in [7, 11) is -1.59. The standard InChI is InChI=1S/C11H18N2O2S.ClH/c1-9-4-5-10(2)11(8-9)16(14,15)13-7-6-12-3;/h4-5,8,12-13H,6-7H2,1-3H3;1H. The van der Waals surface area contributed by atoms with Crippen LogP contribution in [0.15, 0.2) is 23.1 Å². The average Bonchev–Trinajstić information content (AvgIpc) is 2.22. The zero-order valence-electron chi connectivity index (χ0n) is 10.3. The van der Waals surface area contributed by atoms with E-state index in [1.807, 2.05) is 19.1 Å². The summed E-state index contributed by atoms with van der Waals surface area (Å²) in [5.74, 6) is 0. The van der Waals surface area contributed by atoms with E-state index >= 15 is 0 Å². The number of rotatable bonds is 5. The van der Waals surface area contributed by atoms with E-state index in [0.29, 0.717) is 18.0 Å². The van der Waals surface area contributed by atoms with Crippen molar-refractivity contribution < 1.29 is 8.42 Å². The first-order valence-corrected chi connectivity index (χ1v) is 6.67. The van der Waals surface area contributed by atoms with Crippen molar-refractivity contribution in [2.75, 3.05) is 20.1 Å². The fourth-order valence-electron chi connectivity index (χ4n) is 1.38. The molecule has 0 aliphatic heterocycles. The molecule has 17 heavy (non-hydrogen) atoms. The Balaban J connectivity index is 0.00000256. The molecule has 0 unspecified atom stereocenters. The second-order valence-corrected chi connectivity index (χ2v) is 5.51. The van der Waals surface area contributed by atoms with Crippen molar-refractivity contribution in [1.82, 2.24) is 10.0 Å². The van der Waals surface area contributed by atoms with Crippen molar-refractivity contribution in [3.05, 3.63) is 29.3 Å². The van der Waals surface area contributed by atoms with Crippen LogP contribution >= 0.6 is 12.4 Å². The number of likely N-dealkylation sites (N-methyl/N-ethyl adjacent to an activating group) is 1. The highest BCUT2D eigenvalue weighted by atomic mass is 35.5. The molecule has 0 saturated carbocycles. The Labute approximate surface area is 109 Å². The number of hydrogen-bond acceptors (Lipinski definition) is 3. The van der Waals surface area contributed by atoms with Crippen LogP contribution in [0.25, 0.3) is 0 Å². The SMILES string of the molecule is CNCCNS(=O)(=O)c1cc(C)ccc1C.Cl. The van der Waals surface area contributed by atoms with E-state index in [1.54, 1.807) is 20.0 Å². The minimum Gasteiger partial charge on any atom is -0.318 e. The number of nitrogens with one attached hydrogen (secondary N) is 2. The highest BCUT2D eigenvalue weighted by Crippen LogP contribution is 2.16. The third-order valence-corrected chi connectivity index (χ3v) is 3.90. The lowest BCUT2D eigenvalue weighted by molar-refractivity contribution is 0.579. The molecule has 0 aliphatic rings. The first-order chi connectivity index (χ1) is 7.47. The minimum absolute atomic E-state index is 0. The molecule has 0 heterocycles. The van der Waals surface area contributed by atoms with Crippen LogP contribution < -0.4 is 10.0 Å². The van der Waals surface area contributed by atoms with Crippen molar-refractivity contribution in [2.24, 2.45) is 0 Å². The molecule has 98 valence electrons. The molecule has 1 aromatic rings. The molecule has 0 aliphatic carbocycles. The Morgan fingerprint density at radius 3 is 2.41 bits per heavy atom. The molecule has 0 saturated heterocycles. The molecule has 0 fully saturated rings. The monoisotopic (exact) mass is 278 g/mol. The van der Waals surface area contributed by atoms with Crippen LogP contribution in [0.4, 0.5) is 0 Å². The highest BCUT2D eigenvalue weighted by Gasteiger charge is 2.15. The number of hydrogen-bond donors (Lipinski definition) is 2. The van der Waals surface area contributed by atoms with Gasteiger partial charge in [-0.05, 0) is 38.1 Å². The van der Waals surface area contributed by atoms with Crippen LogP contribution in [0.2, 0.25) is 0 Å². The highest BCUT2D eigenvalue weighted by molar-refractivity contribution is 7.89. The van der Waals surface area contributed by atoms with E-state index in [2.05, 4.69) is 10.0 Å². The predicted octanol–water partition coefficient (Wildman–Crippen LogP) is 1.22. The van der Waals surface area contributed by atoms with E-state index in [9.17, 15) is 8.42 Å². The maximum atomic E-state index is 11.9. The molecule has 1 rings (SSSR count). The van der Waals surface area contributed by atoms with Gasteiger partial charge in [0.2, 0.25) is 10.0 Å². The maximum absolute atomic E-state index is 11.9. The number of benzene rings is 1. The largest absolute Gasteiger partial charge is 0.318 e. The van der Waals surface area contributed by atoms with Crippen molar-refractivity contribution in [1.29, 1.82) is 0 Å². The lowest BCUT2D eigenvalue weighted by Crippen LogP contribution is -2.30. The van der Waals surface area contributed by atoms with Crippen LogP contribution in [-0.4, -0.2) is 28.6 Å². The van der Waals surface area contributed by atoms with Crippen LogP contribution in [0.3, 0.4) is 0 Å². The summed E-state index contributed by atoms with van der Waals surface area (Å²) in [6, 6.07) is 5.42. The van der Waals surface area contributed by atoms with Gasteiger partial charge in [0.25, 0.3) is 0 Å². The second kappa shape index (κ2) is 6.96. The quantitative estimate of drug-likeness (QED) is 0.797. The second-order valence-electron chi connectivity index (χ2n) is 3.77. The molecular weight excluding hydrogens is 260 g/mol. The van der Waals surface area contributed by atoms with Gasteiger partial charge in [-0.25, -0.2) is 13.1 Å². The summed E-state index contributed by atoms with van der Waals surface area (Å²) in [5, 5.41) is 2.89. The molecule has 0 radical (unpaired) electrons. The fraction of sp³-hybridized carbons (Fsp3) is 0.455. The molecule has 1 aromatic carbocycles. The molecule has 0 amide bonds. The van der Waals surface area contributed by atoms with Crippen molar-refractivity contribution >= 4 is 22.4 Å². The summed E-state index contributed by atoms with van der Waals surface area (Å²) >= 11 is 0. The number of halogens is 1. The molecule has 4 nitrogen and oxygen atoms in total. The van der Waals surface area contributed by atoms with E-state index in [-0.39, 0.29) is 12.4 Å². The predicted molar refractivity (Wildman–Crippen MR) is 72.3 cm³/mol. The van der Waals surface area contributed by atoms with Gasteiger partial charge >= 0.3 is 0 Å². The van der Waals surface area contributed by atoms with Gasteiger partial charge in [0.15, 0.2) is 0 Å². The first-order valence-electron chi connectivity index (χ1n) is 5.19. The number of aryl methyl sites for hydroxylation is 2. The van der Waals surface area contributed by atoms with Crippen LogP contribution in [0.1, 0.15) is 11.1 Å². The first kappa shape index (κ1) is 16.4. The molecule has 6 heteroatoms. The summed E-state index contributed by atoms with van der Waals surface area (Å²) in [6.07, 6.45) is 0. The lowest BCUT2D eigenvalue weighted by atomic mass is 10.2. The van der Waals surface area contributed by atoms with Gasteiger partial charge in [-0.2, -0.15) is 0 Å². The smallest absolute Gasteiger partial charge is 0.240 e. The molecular formula is C11H19ClN2O2S. The zero-order valence-corrected chi connectivity index (χ0v) is 11.9. The molecule has 0 atom stereocenters. The zero-order chi connectivity index (χ0) is 12.2. The summed E-state index contributed by atoms with van der Waals surface area (Å²) < 4.78 is 26.4. The van der Waals surface area contributed by atoms with Gasteiger partial charge in [0.1, 0.15) is 0 Å². The Morgan fingerprint density at radius 2 is 1.82 bits per heavy atom. The average molecular weight is 279 g/mol. The Morgan fingerprint density at radius 1 is 1.18 bits per heavy atom. The molecule has 0 bridgehead atoms. The molecule has 2 N–H and O–H groups in total. The van der Waals surface area contributed by atoms with Crippen molar-refractivity contribution in [3.63, 3.8) is 0 Å². The van der Waals surface area contributed by atoms with Gasteiger partial charge in [0.05, 0.1) is 4.90 Å². The van der Waals surface area contributed by atoms with Gasteiger partial charge in [-0.1, -0.05) is 12.1 Å². The van der Waals surface area contributed by atoms with Gasteiger partial charge < -0.3 is 5.32 Å². The molecule has 0 spiro atoms. The van der Waals surface area contributed by atoms with E-state index < -0.39 is 10.0 Å². The lowest BCUT2D eigenvalue weighted by Gasteiger charge is -2.09. The van der Waals surface area contributed by atoms with Gasteiger partial charge in [-0.15, -0.1) is 12.4 Å². The van der Waals surface area contributed by atoms with Crippen LogP contribution in [0.5, 0.6) is 0 Å². The summed E-state index contributed by atoms with van der Waals surface area (Å²) in [5.41, 5.74) is 1.71. The summed E-state index contributed by atoms with van der Waals surface area (Å²) in [6.45, 7) is 4.69. The van der Waals surface area contributed by atoms with E-state index in [1.165, 1.54) is 0 Å².